The van der Waals surface area contributed by atoms with Gasteiger partial charge in [0, 0.05) is 56.9 Å². The number of benzene rings is 1. The minimum absolute atomic E-state index is 0.00611. The van der Waals surface area contributed by atoms with Gasteiger partial charge in [-0.3, -0.25) is 18.9 Å². The normalized spacial score (nSPS) is 18.6. The molecule has 2 N–H and O–H groups in total. The number of hydrogen-bond donors (Lipinski definition) is 2. The average Bonchev–Trinajstić information content (AvgIpc) is 3.05. The SMILES string of the molecule is COCCNc1ccc2c(c1)n(C[C@H]1CC[C@H](C(=O)Nc3ccncc3)CC1)c(=O)n2C. The number of methoxy groups -OCH3 is 1. The van der Waals surface area contributed by atoms with Gasteiger partial charge in [-0.25, -0.2) is 4.79 Å². The maximum atomic E-state index is 12.9. The molecular formula is C24H31N5O3. The van der Waals surface area contributed by atoms with E-state index in [0.29, 0.717) is 25.6 Å². The van der Waals surface area contributed by atoms with E-state index in [1.54, 1.807) is 36.2 Å². The number of fused-ring (bicyclic) bond motifs is 1. The number of imidazole rings is 1. The lowest BCUT2D eigenvalue weighted by Crippen LogP contribution is -2.30. The number of nitrogens with zero attached hydrogens (tertiary/aromatic N) is 3. The molecule has 170 valence electrons. The van der Waals surface area contributed by atoms with E-state index in [9.17, 15) is 9.59 Å². The first kappa shape index (κ1) is 22.1. The van der Waals surface area contributed by atoms with Gasteiger partial charge in [-0.2, -0.15) is 0 Å². The van der Waals surface area contributed by atoms with Crippen LogP contribution in [-0.4, -0.2) is 40.3 Å². The lowest BCUT2D eigenvalue weighted by molar-refractivity contribution is -0.121. The second-order valence-corrected chi connectivity index (χ2v) is 8.52. The molecule has 0 saturated heterocycles. The molecular weight excluding hydrogens is 406 g/mol. The van der Waals surface area contributed by atoms with Crippen molar-refractivity contribution in [1.82, 2.24) is 14.1 Å². The number of hydrogen-bond acceptors (Lipinski definition) is 5. The molecule has 2 aromatic heterocycles. The fraction of sp³-hybridized carbons (Fsp3) is 0.458. The Labute approximate surface area is 187 Å². The van der Waals surface area contributed by atoms with Gasteiger partial charge in [-0.1, -0.05) is 0 Å². The third-order valence-corrected chi connectivity index (χ3v) is 6.39. The number of carbonyl (C=O) groups is 1. The van der Waals surface area contributed by atoms with Crippen LogP contribution in [0, 0.1) is 11.8 Å². The van der Waals surface area contributed by atoms with Gasteiger partial charge in [0.1, 0.15) is 0 Å². The Kier molecular flexibility index (Phi) is 6.90. The molecule has 0 radical (unpaired) electrons. The molecule has 0 unspecified atom stereocenters. The van der Waals surface area contributed by atoms with E-state index in [0.717, 1.165) is 48.1 Å². The average molecular weight is 438 g/mol. The smallest absolute Gasteiger partial charge is 0.328 e. The van der Waals surface area contributed by atoms with Gasteiger partial charge in [0.05, 0.1) is 17.6 Å². The molecule has 32 heavy (non-hydrogen) atoms. The van der Waals surface area contributed by atoms with Gasteiger partial charge in [-0.15, -0.1) is 0 Å². The molecule has 1 fully saturated rings. The van der Waals surface area contributed by atoms with Crippen molar-refractivity contribution in [2.45, 2.75) is 32.2 Å². The minimum atomic E-state index is 0.00611. The maximum absolute atomic E-state index is 12.9. The number of amides is 1. The third-order valence-electron chi connectivity index (χ3n) is 6.39. The van der Waals surface area contributed by atoms with Crippen LogP contribution in [0.4, 0.5) is 11.4 Å². The summed E-state index contributed by atoms with van der Waals surface area (Å²) in [6.07, 6.45) is 6.89. The number of nitrogens with one attached hydrogen (secondary N) is 2. The minimum Gasteiger partial charge on any atom is -0.383 e. The summed E-state index contributed by atoms with van der Waals surface area (Å²) in [5, 5.41) is 6.32. The molecule has 0 bridgehead atoms. The lowest BCUT2D eigenvalue weighted by atomic mass is 9.81. The van der Waals surface area contributed by atoms with Crippen LogP contribution >= 0.6 is 0 Å². The second kappa shape index (κ2) is 9.99. The number of aryl methyl sites for hydroxylation is 1. The zero-order valence-corrected chi connectivity index (χ0v) is 18.7. The molecule has 0 aliphatic heterocycles. The standard InChI is InChI=1S/C24H31N5O3/c1-28-21-8-7-20(26-13-14-32-2)15-22(21)29(24(28)31)16-17-3-5-18(6-4-17)23(30)27-19-9-11-25-12-10-19/h7-12,15,17-18,26H,3-6,13-14,16H2,1-2H3,(H,25,27,30)/t17-,18-. The Hall–Kier alpha value is -3.13. The first-order valence-electron chi connectivity index (χ1n) is 11.2. The van der Waals surface area contributed by atoms with Crippen LogP contribution in [0.5, 0.6) is 0 Å². The molecule has 0 spiro atoms. The quantitative estimate of drug-likeness (QED) is 0.528. The molecule has 0 atom stereocenters. The summed E-state index contributed by atoms with van der Waals surface area (Å²) < 4.78 is 8.70. The summed E-state index contributed by atoms with van der Waals surface area (Å²) >= 11 is 0. The van der Waals surface area contributed by atoms with E-state index in [4.69, 9.17) is 4.74 Å². The number of rotatable bonds is 8. The lowest BCUT2D eigenvalue weighted by Gasteiger charge is -2.28. The molecule has 1 saturated carbocycles. The van der Waals surface area contributed by atoms with Crippen LogP contribution < -0.4 is 16.3 Å². The predicted octanol–water partition coefficient (Wildman–Crippen LogP) is 3.24. The molecule has 1 amide bonds. The molecule has 8 nitrogen and oxygen atoms in total. The van der Waals surface area contributed by atoms with Crippen LogP contribution in [0.15, 0.2) is 47.5 Å². The van der Waals surface area contributed by atoms with Crippen LogP contribution in [0.1, 0.15) is 25.7 Å². The molecule has 2 heterocycles. The van der Waals surface area contributed by atoms with Crippen molar-refractivity contribution in [2.24, 2.45) is 18.9 Å². The van der Waals surface area contributed by atoms with E-state index >= 15 is 0 Å². The van der Waals surface area contributed by atoms with Crippen molar-refractivity contribution in [2.75, 3.05) is 30.9 Å². The summed E-state index contributed by atoms with van der Waals surface area (Å²) in [6.45, 7) is 2.01. The van der Waals surface area contributed by atoms with Crippen LogP contribution in [0.3, 0.4) is 0 Å². The summed E-state index contributed by atoms with van der Waals surface area (Å²) in [6, 6.07) is 9.63. The number of anilines is 2. The third kappa shape index (κ3) is 4.85. The van der Waals surface area contributed by atoms with Crippen molar-refractivity contribution in [3.63, 3.8) is 0 Å². The monoisotopic (exact) mass is 437 g/mol. The summed E-state index contributed by atoms with van der Waals surface area (Å²) in [7, 11) is 3.50. The van der Waals surface area contributed by atoms with E-state index in [1.165, 1.54) is 0 Å². The largest absolute Gasteiger partial charge is 0.383 e. The molecule has 1 aromatic carbocycles. The van der Waals surface area contributed by atoms with E-state index in [1.807, 2.05) is 29.8 Å². The highest BCUT2D eigenvalue weighted by atomic mass is 16.5. The van der Waals surface area contributed by atoms with E-state index < -0.39 is 0 Å². The highest BCUT2D eigenvalue weighted by molar-refractivity contribution is 5.92. The number of carbonyl (C=O) groups excluding carboxylic acids is 1. The van der Waals surface area contributed by atoms with Crippen LogP contribution in [0.25, 0.3) is 11.0 Å². The van der Waals surface area contributed by atoms with Crippen LogP contribution in [0.2, 0.25) is 0 Å². The van der Waals surface area contributed by atoms with Gasteiger partial charge in [0.15, 0.2) is 0 Å². The van der Waals surface area contributed by atoms with Crippen molar-refractivity contribution >= 4 is 28.3 Å². The van der Waals surface area contributed by atoms with Crippen molar-refractivity contribution < 1.29 is 9.53 Å². The maximum Gasteiger partial charge on any atom is 0.328 e. The predicted molar refractivity (Wildman–Crippen MR) is 126 cm³/mol. The van der Waals surface area contributed by atoms with Gasteiger partial charge in [0.25, 0.3) is 0 Å². The highest BCUT2D eigenvalue weighted by Gasteiger charge is 2.27. The van der Waals surface area contributed by atoms with Gasteiger partial charge in [-0.05, 0) is 61.9 Å². The first-order chi connectivity index (χ1) is 15.6. The van der Waals surface area contributed by atoms with Crippen molar-refractivity contribution in [3.8, 4) is 0 Å². The fourth-order valence-electron chi connectivity index (χ4n) is 4.54. The number of pyridine rings is 1. The summed E-state index contributed by atoms with van der Waals surface area (Å²) in [5.74, 6) is 0.470. The Balaban J connectivity index is 1.41. The van der Waals surface area contributed by atoms with E-state index in [-0.39, 0.29) is 17.5 Å². The zero-order chi connectivity index (χ0) is 22.5. The Morgan fingerprint density at radius 3 is 2.56 bits per heavy atom. The summed E-state index contributed by atoms with van der Waals surface area (Å²) in [4.78, 5) is 29.5. The highest BCUT2D eigenvalue weighted by Crippen LogP contribution is 2.31. The Bertz CT molecular complexity index is 1110. The Morgan fingerprint density at radius 2 is 1.84 bits per heavy atom. The summed E-state index contributed by atoms with van der Waals surface area (Å²) in [5.41, 5.74) is 3.64. The van der Waals surface area contributed by atoms with Gasteiger partial charge in [0.2, 0.25) is 5.91 Å². The van der Waals surface area contributed by atoms with Crippen molar-refractivity contribution in [1.29, 1.82) is 0 Å². The molecule has 3 aromatic rings. The number of aromatic nitrogens is 3. The Morgan fingerprint density at radius 1 is 1.09 bits per heavy atom. The molecule has 8 heteroatoms. The topological polar surface area (TPSA) is 90.2 Å². The van der Waals surface area contributed by atoms with Gasteiger partial charge < -0.3 is 15.4 Å². The van der Waals surface area contributed by atoms with Crippen LogP contribution in [-0.2, 0) is 23.1 Å². The first-order valence-corrected chi connectivity index (χ1v) is 11.2. The van der Waals surface area contributed by atoms with Gasteiger partial charge >= 0.3 is 5.69 Å². The zero-order valence-electron chi connectivity index (χ0n) is 18.7. The number of ether oxygens (including phenoxy) is 1. The fourth-order valence-corrected chi connectivity index (χ4v) is 4.54. The van der Waals surface area contributed by atoms with E-state index in [2.05, 4.69) is 15.6 Å². The second-order valence-electron chi connectivity index (χ2n) is 8.52. The molecule has 1 aliphatic carbocycles. The molecule has 1 aliphatic rings. The molecule has 4 rings (SSSR count). The van der Waals surface area contributed by atoms with Crippen molar-refractivity contribution in [3.05, 3.63) is 53.2 Å².